The Bertz CT molecular complexity index is 405. The summed E-state index contributed by atoms with van der Waals surface area (Å²) in [6, 6.07) is 9.58. The fourth-order valence-electron chi connectivity index (χ4n) is 2.30. The van der Waals surface area contributed by atoms with E-state index in [2.05, 4.69) is 10.6 Å². The Morgan fingerprint density at radius 1 is 1.45 bits per heavy atom. The molecule has 1 aliphatic rings. The van der Waals surface area contributed by atoms with Gasteiger partial charge in [0.05, 0.1) is 31.8 Å². The number of benzene rings is 1. The maximum Gasteiger partial charge on any atom is 0.222 e. The Labute approximate surface area is 119 Å². The first kappa shape index (κ1) is 15.0. The first-order valence-electron chi connectivity index (χ1n) is 7.04. The van der Waals surface area contributed by atoms with Crippen LogP contribution in [0, 0.1) is 0 Å². The van der Waals surface area contributed by atoms with Crippen LogP contribution >= 0.6 is 0 Å². The van der Waals surface area contributed by atoms with Crippen LogP contribution in [0.3, 0.4) is 0 Å². The molecule has 1 amide bonds. The summed E-state index contributed by atoms with van der Waals surface area (Å²) in [6.45, 7) is 2.12. The molecule has 2 rings (SSSR count). The average molecular weight is 278 g/mol. The molecule has 1 aromatic rings. The molecule has 2 atom stereocenters. The maximum absolute atomic E-state index is 11.9. The molecule has 1 saturated heterocycles. The van der Waals surface area contributed by atoms with Crippen molar-refractivity contribution in [2.75, 3.05) is 26.3 Å². The highest BCUT2D eigenvalue weighted by atomic mass is 16.5. The number of hydrogen-bond acceptors (Lipinski definition) is 4. The average Bonchev–Trinajstić information content (AvgIpc) is 2.48. The number of carbonyl (C=O) groups is 1. The summed E-state index contributed by atoms with van der Waals surface area (Å²) >= 11 is 0. The van der Waals surface area contributed by atoms with Crippen LogP contribution < -0.4 is 10.6 Å². The largest absolute Gasteiger partial charge is 0.394 e. The number of hydrogen-bond donors (Lipinski definition) is 3. The Kier molecular flexibility index (Phi) is 5.98. The Hall–Kier alpha value is -1.43. The van der Waals surface area contributed by atoms with Gasteiger partial charge < -0.3 is 20.5 Å². The number of carbonyl (C=O) groups excluding carboxylic acids is 1. The lowest BCUT2D eigenvalue weighted by Gasteiger charge is -2.24. The van der Waals surface area contributed by atoms with Gasteiger partial charge in [0, 0.05) is 13.1 Å². The summed E-state index contributed by atoms with van der Waals surface area (Å²) in [7, 11) is 0. The van der Waals surface area contributed by atoms with Gasteiger partial charge in [-0.15, -0.1) is 0 Å². The predicted octanol–water partition coefficient (Wildman–Crippen LogP) is 0.0847. The minimum absolute atomic E-state index is 0.0651. The van der Waals surface area contributed by atoms with Crippen LogP contribution in [-0.4, -0.2) is 49.5 Å². The molecule has 1 aromatic carbocycles. The van der Waals surface area contributed by atoms with Gasteiger partial charge in [0.15, 0.2) is 0 Å². The van der Waals surface area contributed by atoms with Gasteiger partial charge in [-0.25, -0.2) is 0 Å². The molecule has 5 heteroatoms. The molecule has 1 fully saturated rings. The first-order chi connectivity index (χ1) is 9.78. The summed E-state index contributed by atoms with van der Waals surface area (Å²) < 4.78 is 5.50. The number of ether oxygens (including phenoxy) is 1. The van der Waals surface area contributed by atoms with Gasteiger partial charge >= 0.3 is 0 Å². The lowest BCUT2D eigenvalue weighted by Crippen LogP contribution is -2.44. The summed E-state index contributed by atoms with van der Waals surface area (Å²) in [4.78, 5) is 11.9. The minimum atomic E-state index is -0.249. The van der Waals surface area contributed by atoms with Crippen LogP contribution in [0.25, 0.3) is 0 Å². The number of amides is 1. The van der Waals surface area contributed by atoms with E-state index in [0.717, 1.165) is 12.1 Å². The predicted molar refractivity (Wildman–Crippen MR) is 76.4 cm³/mol. The van der Waals surface area contributed by atoms with E-state index in [1.807, 2.05) is 30.3 Å². The number of nitrogens with one attached hydrogen (secondary N) is 2. The van der Waals surface area contributed by atoms with Crippen molar-refractivity contribution in [3.63, 3.8) is 0 Å². The van der Waals surface area contributed by atoms with Crippen molar-refractivity contribution in [2.45, 2.75) is 25.0 Å². The molecule has 0 bridgehead atoms. The van der Waals surface area contributed by atoms with E-state index in [-0.39, 0.29) is 24.7 Å². The van der Waals surface area contributed by atoms with E-state index in [1.165, 1.54) is 0 Å². The van der Waals surface area contributed by atoms with Crippen molar-refractivity contribution in [1.29, 1.82) is 0 Å². The lowest BCUT2D eigenvalue weighted by molar-refractivity contribution is -0.125. The van der Waals surface area contributed by atoms with Crippen LogP contribution in [0.4, 0.5) is 0 Å². The summed E-state index contributed by atoms with van der Waals surface area (Å²) in [5.41, 5.74) is 1.10. The van der Waals surface area contributed by atoms with Crippen molar-refractivity contribution in [1.82, 2.24) is 10.6 Å². The smallest absolute Gasteiger partial charge is 0.222 e. The number of aliphatic hydroxyl groups is 1. The SMILES string of the molecule is O=C(CC1CNCCO1)NC(CO)Cc1ccccc1. The zero-order valence-electron chi connectivity index (χ0n) is 11.5. The molecule has 20 heavy (non-hydrogen) atoms. The molecule has 0 aromatic heterocycles. The van der Waals surface area contributed by atoms with E-state index in [1.54, 1.807) is 0 Å². The maximum atomic E-state index is 11.9. The molecule has 0 saturated carbocycles. The first-order valence-corrected chi connectivity index (χ1v) is 7.04. The van der Waals surface area contributed by atoms with E-state index >= 15 is 0 Å². The van der Waals surface area contributed by atoms with E-state index in [0.29, 0.717) is 26.0 Å². The molecule has 1 heterocycles. The minimum Gasteiger partial charge on any atom is -0.394 e. The molecule has 3 N–H and O–H groups in total. The van der Waals surface area contributed by atoms with Gasteiger partial charge in [-0.3, -0.25) is 4.79 Å². The number of rotatable bonds is 6. The van der Waals surface area contributed by atoms with Crippen molar-refractivity contribution in [3.8, 4) is 0 Å². The van der Waals surface area contributed by atoms with E-state index in [4.69, 9.17) is 4.74 Å². The van der Waals surface area contributed by atoms with Crippen molar-refractivity contribution in [3.05, 3.63) is 35.9 Å². The normalized spacial score (nSPS) is 20.4. The van der Waals surface area contributed by atoms with E-state index < -0.39 is 0 Å². The van der Waals surface area contributed by atoms with Crippen LogP contribution in [-0.2, 0) is 16.0 Å². The van der Waals surface area contributed by atoms with Crippen LogP contribution in [0.2, 0.25) is 0 Å². The molecular weight excluding hydrogens is 256 g/mol. The van der Waals surface area contributed by atoms with Gasteiger partial charge in [0.25, 0.3) is 0 Å². The van der Waals surface area contributed by atoms with Gasteiger partial charge in [-0.05, 0) is 12.0 Å². The third-order valence-corrected chi connectivity index (χ3v) is 3.33. The monoisotopic (exact) mass is 278 g/mol. The van der Waals surface area contributed by atoms with E-state index in [9.17, 15) is 9.90 Å². The standard InChI is InChI=1S/C15H22N2O3/c18-11-13(8-12-4-2-1-3-5-12)17-15(19)9-14-10-16-6-7-20-14/h1-5,13-14,16,18H,6-11H2,(H,17,19). The molecule has 2 unspecified atom stereocenters. The Morgan fingerprint density at radius 2 is 2.25 bits per heavy atom. The third kappa shape index (κ3) is 4.92. The van der Waals surface area contributed by atoms with Crippen molar-refractivity contribution >= 4 is 5.91 Å². The number of aliphatic hydroxyl groups excluding tert-OH is 1. The molecule has 0 radical (unpaired) electrons. The van der Waals surface area contributed by atoms with Crippen LogP contribution in [0.15, 0.2) is 30.3 Å². The third-order valence-electron chi connectivity index (χ3n) is 3.33. The fraction of sp³-hybridized carbons (Fsp3) is 0.533. The summed E-state index contributed by atoms with van der Waals surface area (Å²) in [5.74, 6) is -0.0753. The zero-order valence-corrected chi connectivity index (χ0v) is 11.5. The second kappa shape index (κ2) is 7.99. The molecule has 5 nitrogen and oxygen atoms in total. The molecule has 0 aliphatic carbocycles. The second-order valence-corrected chi connectivity index (χ2v) is 5.04. The summed E-state index contributed by atoms with van der Waals surface area (Å²) in [5, 5.41) is 15.4. The Morgan fingerprint density at radius 3 is 2.90 bits per heavy atom. The Balaban J connectivity index is 1.78. The molecule has 110 valence electrons. The molecular formula is C15H22N2O3. The second-order valence-electron chi connectivity index (χ2n) is 5.04. The topological polar surface area (TPSA) is 70.6 Å². The lowest BCUT2D eigenvalue weighted by atomic mass is 10.1. The van der Waals surface area contributed by atoms with Gasteiger partial charge in [0.2, 0.25) is 5.91 Å². The molecule has 1 aliphatic heterocycles. The van der Waals surface area contributed by atoms with Crippen molar-refractivity contribution < 1.29 is 14.6 Å². The van der Waals surface area contributed by atoms with Gasteiger partial charge in [0.1, 0.15) is 0 Å². The molecule has 0 spiro atoms. The highest BCUT2D eigenvalue weighted by Crippen LogP contribution is 2.05. The van der Waals surface area contributed by atoms with Gasteiger partial charge in [-0.1, -0.05) is 30.3 Å². The van der Waals surface area contributed by atoms with Crippen LogP contribution in [0.1, 0.15) is 12.0 Å². The van der Waals surface area contributed by atoms with Crippen LogP contribution in [0.5, 0.6) is 0 Å². The fourth-order valence-corrected chi connectivity index (χ4v) is 2.30. The van der Waals surface area contributed by atoms with Crippen molar-refractivity contribution in [2.24, 2.45) is 0 Å². The zero-order chi connectivity index (χ0) is 14.2. The van der Waals surface area contributed by atoms with Gasteiger partial charge in [-0.2, -0.15) is 0 Å². The quantitative estimate of drug-likeness (QED) is 0.689. The highest BCUT2D eigenvalue weighted by molar-refractivity contribution is 5.76. The highest BCUT2D eigenvalue weighted by Gasteiger charge is 2.19. The number of morpholine rings is 1. The summed E-state index contributed by atoms with van der Waals surface area (Å²) in [6.07, 6.45) is 0.894.